The van der Waals surface area contributed by atoms with Gasteiger partial charge in [-0.25, -0.2) is 14.4 Å². The topological polar surface area (TPSA) is 59.8 Å². The second kappa shape index (κ2) is 4.97. The minimum Gasteiger partial charge on any atom is -0.355 e. The van der Waals surface area contributed by atoms with Crippen LogP contribution in [0.2, 0.25) is 0 Å². The van der Waals surface area contributed by atoms with E-state index in [1.165, 1.54) is 13.1 Å². The first-order valence-corrected chi connectivity index (χ1v) is 6.43. The third-order valence-electron chi connectivity index (χ3n) is 3.26. The number of aryl methyl sites for hydroxylation is 1. The van der Waals surface area contributed by atoms with Gasteiger partial charge in [-0.1, -0.05) is 6.07 Å². The summed E-state index contributed by atoms with van der Waals surface area (Å²) in [5.41, 5.74) is 0.869. The van der Waals surface area contributed by atoms with Crippen LogP contribution in [0.15, 0.2) is 36.7 Å². The average Bonchev–Trinajstić information content (AvgIpc) is 2.87. The van der Waals surface area contributed by atoms with Gasteiger partial charge in [0.1, 0.15) is 17.5 Å². The van der Waals surface area contributed by atoms with Crippen molar-refractivity contribution in [2.24, 2.45) is 0 Å². The summed E-state index contributed by atoms with van der Waals surface area (Å²) in [5, 5.41) is 2.81. The number of amides is 1. The number of halogens is 1. The molecule has 0 spiro atoms. The molecule has 1 aromatic carbocycles. The number of hydrogen-bond donors (Lipinski definition) is 1. The third kappa shape index (κ3) is 2.14. The Kier molecular flexibility index (Phi) is 3.13. The molecular formula is C15H13FN4O. The van der Waals surface area contributed by atoms with E-state index in [9.17, 15) is 9.18 Å². The van der Waals surface area contributed by atoms with E-state index in [1.54, 1.807) is 42.1 Å². The Bertz CT molecular complexity index is 841. The minimum atomic E-state index is -0.435. The van der Waals surface area contributed by atoms with Gasteiger partial charge in [-0.2, -0.15) is 0 Å². The number of hydrogen-bond acceptors (Lipinski definition) is 3. The number of nitrogens with one attached hydrogen (secondary N) is 1. The summed E-state index contributed by atoms with van der Waals surface area (Å²) in [6, 6.07) is 6.41. The van der Waals surface area contributed by atoms with E-state index in [4.69, 9.17) is 0 Å². The van der Waals surface area contributed by atoms with E-state index in [0.29, 0.717) is 17.2 Å². The van der Waals surface area contributed by atoms with Crippen molar-refractivity contribution in [1.29, 1.82) is 0 Å². The molecule has 0 bridgehead atoms. The SMILES string of the molecule is CNC(=O)c1cn(-c2ccnc(C)n2)c2cccc(F)c12. The molecule has 2 aromatic heterocycles. The zero-order valence-electron chi connectivity index (χ0n) is 11.6. The highest BCUT2D eigenvalue weighted by molar-refractivity contribution is 6.07. The van der Waals surface area contributed by atoms with Crippen LogP contribution in [-0.4, -0.2) is 27.5 Å². The average molecular weight is 284 g/mol. The lowest BCUT2D eigenvalue weighted by Gasteiger charge is -2.04. The first-order valence-electron chi connectivity index (χ1n) is 6.43. The van der Waals surface area contributed by atoms with Crippen LogP contribution in [-0.2, 0) is 0 Å². The largest absolute Gasteiger partial charge is 0.355 e. The zero-order chi connectivity index (χ0) is 15.0. The molecule has 0 radical (unpaired) electrons. The van der Waals surface area contributed by atoms with E-state index in [2.05, 4.69) is 15.3 Å². The molecule has 1 N–H and O–H groups in total. The highest BCUT2D eigenvalue weighted by Gasteiger charge is 2.18. The monoisotopic (exact) mass is 284 g/mol. The maximum Gasteiger partial charge on any atom is 0.253 e. The van der Waals surface area contributed by atoms with Gasteiger partial charge in [0.2, 0.25) is 0 Å². The number of benzene rings is 1. The molecule has 6 heteroatoms. The molecular weight excluding hydrogens is 271 g/mol. The van der Waals surface area contributed by atoms with Crippen LogP contribution < -0.4 is 5.32 Å². The Labute approximate surface area is 120 Å². The van der Waals surface area contributed by atoms with Crippen molar-refractivity contribution in [2.45, 2.75) is 6.92 Å². The van der Waals surface area contributed by atoms with Crippen molar-refractivity contribution in [3.63, 3.8) is 0 Å². The zero-order valence-corrected chi connectivity index (χ0v) is 11.6. The molecule has 0 aliphatic rings. The number of nitrogens with zero attached hydrogens (tertiary/aromatic N) is 3. The van der Waals surface area contributed by atoms with E-state index in [0.717, 1.165) is 0 Å². The van der Waals surface area contributed by atoms with Gasteiger partial charge in [0.25, 0.3) is 5.91 Å². The summed E-state index contributed by atoms with van der Waals surface area (Å²) >= 11 is 0. The predicted octanol–water partition coefficient (Wildman–Crippen LogP) is 2.23. The lowest BCUT2D eigenvalue weighted by atomic mass is 10.1. The second-order valence-corrected chi connectivity index (χ2v) is 4.59. The third-order valence-corrected chi connectivity index (χ3v) is 3.26. The number of aromatic nitrogens is 3. The molecule has 2 heterocycles. The van der Waals surface area contributed by atoms with Crippen molar-refractivity contribution in [3.05, 3.63) is 53.9 Å². The minimum absolute atomic E-state index is 0.280. The van der Waals surface area contributed by atoms with E-state index < -0.39 is 5.82 Å². The Hall–Kier alpha value is -2.76. The summed E-state index contributed by atoms with van der Waals surface area (Å²) in [6.07, 6.45) is 3.22. The van der Waals surface area contributed by atoms with Gasteiger partial charge in [0.05, 0.1) is 11.1 Å². The number of carbonyl (C=O) groups is 1. The fourth-order valence-electron chi connectivity index (χ4n) is 2.32. The fourth-order valence-corrected chi connectivity index (χ4v) is 2.32. The van der Waals surface area contributed by atoms with Gasteiger partial charge in [0.15, 0.2) is 0 Å². The van der Waals surface area contributed by atoms with Gasteiger partial charge in [-0.05, 0) is 25.1 Å². The molecule has 3 aromatic rings. The number of rotatable bonds is 2. The van der Waals surface area contributed by atoms with Crippen molar-refractivity contribution in [2.75, 3.05) is 7.05 Å². The van der Waals surface area contributed by atoms with Crippen molar-refractivity contribution >= 4 is 16.8 Å². The van der Waals surface area contributed by atoms with Crippen LogP contribution in [0.4, 0.5) is 4.39 Å². The molecule has 1 amide bonds. The summed E-state index contributed by atoms with van der Waals surface area (Å²) in [5.74, 6) is 0.422. The van der Waals surface area contributed by atoms with Crippen molar-refractivity contribution in [3.8, 4) is 5.82 Å². The maximum absolute atomic E-state index is 14.1. The normalized spacial score (nSPS) is 10.8. The van der Waals surface area contributed by atoms with Crippen LogP contribution in [0.5, 0.6) is 0 Å². The number of fused-ring (bicyclic) bond motifs is 1. The van der Waals surface area contributed by atoms with Crippen LogP contribution in [0.3, 0.4) is 0 Å². The molecule has 0 atom stereocenters. The summed E-state index contributed by atoms with van der Waals surface area (Å²) < 4.78 is 15.8. The van der Waals surface area contributed by atoms with Crippen molar-refractivity contribution < 1.29 is 9.18 Å². The Morgan fingerprint density at radius 1 is 1.33 bits per heavy atom. The summed E-state index contributed by atoms with van der Waals surface area (Å²) in [4.78, 5) is 20.3. The first kappa shape index (κ1) is 13.2. The molecule has 3 rings (SSSR count). The molecule has 0 fully saturated rings. The van der Waals surface area contributed by atoms with E-state index in [1.807, 2.05) is 0 Å². The van der Waals surface area contributed by atoms with Gasteiger partial charge >= 0.3 is 0 Å². The molecule has 0 saturated heterocycles. The van der Waals surface area contributed by atoms with E-state index >= 15 is 0 Å². The van der Waals surface area contributed by atoms with Crippen LogP contribution in [0, 0.1) is 12.7 Å². The Balaban J connectivity index is 2.34. The van der Waals surface area contributed by atoms with Gasteiger partial charge in [-0.15, -0.1) is 0 Å². The maximum atomic E-state index is 14.1. The molecule has 0 aliphatic heterocycles. The molecule has 0 unspecified atom stereocenters. The fraction of sp³-hybridized carbons (Fsp3) is 0.133. The quantitative estimate of drug-likeness (QED) is 0.785. The standard InChI is InChI=1S/C15H13FN4O/c1-9-18-7-6-13(19-9)20-8-10(15(21)17-2)14-11(16)4-3-5-12(14)20/h3-8H,1-2H3,(H,17,21). The van der Waals surface area contributed by atoms with Gasteiger partial charge in [0, 0.05) is 24.8 Å². The highest BCUT2D eigenvalue weighted by Crippen LogP contribution is 2.26. The van der Waals surface area contributed by atoms with Crippen LogP contribution in [0.1, 0.15) is 16.2 Å². The summed E-state index contributed by atoms with van der Waals surface area (Å²) in [6.45, 7) is 1.77. The Morgan fingerprint density at radius 2 is 2.14 bits per heavy atom. The first-order chi connectivity index (χ1) is 10.1. The molecule has 0 saturated carbocycles. The molecule has 5 nitrogen and oxygen atoms in total. The second-order valence-electron chi connectivity index (χ2n) is 4.59. The summed E-state index contributed by atoms with van der Waals surface area (Å²) in [7, 11) is 1.52. The molecule has 106 valence electrons. The van der Waals surface area contributed by atoms with Crippen LogP contribution >= 0.6 is 0 Å². The Morgan fingerprint density at radius 3 is 2.86 bits per heavy atom. The van der Waals surface area contributed by atoms with Crippen molar-refractivity contribution in [1.82, 2.24) is 19.9 Å². The predicted molar refractivity (Wildman–Crippen MR) is 77.0 cm³/mol. The lowest BCUT2D eigenvalue weighted by molar-refractivity contribution is 0.0964. The van der Waals surface area contributed by atoms with E-state index in [-0.39, 0.29) is 16.9 Å². The smallest absolute Gasteiger partial charge is 0.253 e. The van der Waals surface area contributed by atoms with Gasteiger partial charge in [-0.3, -0.25) is 4.79 Å². The highest BCUT2D eigenvalue weighted by atomic mass is 19.1. The molecule has 21 heavy (non-hydrogen) atoms. The van der Waals surface area contributed by atoms with Crippen LogP contribution in [0.25, 0.3) is 16.7 Å². The molecule has 0 aliphatic carbocycles. The lowest BCUT2D eigenvalue weighted by Crippen LogP contribution is -2.17. The number of carbonyl (C=O) groups excluding carboxylic acids is 1. The van der Waals surface area contributed by atoms with Gasteiger partial charge < -0.3 is 9.88 Å².